The topological polar surface area (TPSA) is 52.0 Å². The van der Waals surface area contributed by atoms with Crippen LogP contribution in [0.5, 0.6) is 0 Å². The molecule has 0 heterocycles. The lowest BCUT2D eigenvalue weighted by molar-refractivity contribution is 0.457. The molecule has 2 fully saturated rings. The molecule has 0 unspecified atom stereocenters. The summed E-state index contributed by atoms with van der Waals surface area (Å²) in [6.07, 6.45) is 4.94. The second-order valence-electron chi connectivity index (χ2n) is 3.98. The molecule has 2 rings (SSSR count). The van der Waals surface area contributed by atoms with E-state index in [1.165, 1.54) is 25.7 Å². The Morgan fingerprint density at radius 3 is 1.17 bits per heavy atom. The van der Waals surface area contributed by atoms with Crippen molar-refractivity contribution in [2.24, 2.45) is 23.3 Å². The molecule has 2 aliphatic rings. The normalized spacial score (nSPS) is 44.5. The van der Waals surface area contributed by atoms with E-state index in [0.29, 0.717) is 12.1 Å². The van der Waals surface area contributed by atoms with Crippen molar-refractivity contribution in [3.05, 3.63) is 0 Å². The van der Waals surface area contributed by atoms with Crippen molar-refractivity contribution in [1.29, 1.82) is 0 Å². The van der Waals surface area contributed by atoms with Crippen LogP contribution < -0.4 is 11.5 Å². The third kappa shape index (κ3) is 2.25. The van der Waals surface area contributed by atoms with E-state index in [9.17, 15) is 0 Å². The van der Waals surface area contributed by atoms with Crippen molar-refractivity contribution < 1.29 is 0 Å². The first-order valence-electron chi connectivity index (χ1n) is 4.27. The van der Waals surface area contributed by atoms with Gasteiger partial charge in [0.25, 0.3) is 0 Å². The van der Waals surface area contributed by atoms with Crippen LogP contribution in [0.2, 0.25) is 0 Å². The summed E-state index contributed by atoms with van der Waals surface area (Å²) in [7, 11) is 0. The van der Waals surface area contributed by atoms with E-state index in [1.807, 2.05) is 0 Å². The van der Waals surface area contributed by atoms with Crippen LogP contribution in [0.15, 0.2) is 0 Å². The van der Waals surface area contributed by atoms with Gasteiger partial charge >= 0.3 is 0 Å². The first kappa shape index (κ1) is 12.5. The minimum absolute atomic E-state index is 0. The van der Waals surface area contributed by atoms with Gasteiger partial charge in [0.2, 0.25) is 0 Å². The SMILES string of the molecule is Cl.Cl.NC1CC2CC(N)CC2C1. The number of halogens is 2. The summed E-state index contributed by atoms with van der Waals surface area (Å²) in [5.74, 6) is 1.76. The summed E-state index contributed by atoms with van der Waals surface area (Å²) in [6.45, 7) is 0. The fourth-order valence-corrected chi connectivity index (χ4v) is 2.71. The van der Waals surface area contributed by atoms with Gasteiger partial charge in [-0.1, -0.05) is 0 Å². The fraction of sp³-hybridized carbons (Fsp3) is 1.00. The summed E-state index contributed by atoms with van der Waals surface area (Å²) in [5, 5.41) is 0. The number of nitrogens with two attached hydrogens (primary N) is 2. The Balaban J connectivity index is 0.000000605. The number of fused-ring (bicyclic) bond motifs is 1. The summed E-state index contributed by atoms with van der Waals surface area (Å²) in [6, 6.07) is 0.977. The molecule has 0 spiro atoms. The smallest absolute Gasteiger partial charge is 0.00443 e. The fourth-order valence-electron chi connectivity index (χ4n) is 2.71. The lowest BCUT2D eigenvalue weighted by atomic mass is 10.0. The average molecular weight is 213 g/mol. The van der Waals surface area contributed by atoms with Gasteiger partial charge in [-0.15, -0.1) is 24.8 Å². The van der Waals surface area contributed by atoms with Gasteiger partial charge in [0.1, 0.15) is 0 Å². The van der Waals surface area contributed by atoms with Crippen molar-refractivity contribution in [3.63, 3.8) is 0 Å². The van der Waals surface area contributed by atoms with E-state index in [2.05, 4.69) is 0 Å². The third-order valence-corrected chi connectivity index (χ3v) is 3.09. The average Bonchev–Trinajstić information content (AvgIpc) is 2.21. The minimum Gasteiger partial charge on any atom is -0.328 e. The molecule has 0 bridgehead atoms. The van der Waals surface area contributed by atoms with Gasteiger partial charge in [-0.2, -0.15) is 0 Å². The van der Waals surface area contributed by atoms with Gasteiger partial charge in [0, 0.05) is 12.1 Å². The number of rotatable bonds is 0. The predicted octanol–water partition coefficient (Wildman–Crippen LogP) is 1.30. The van der Waals surface area contributed by atoms with Gasteiger partial charge in [-0.3, -0.25) is 0 Å². The molecule has 0 aromatic heterocycles. The molecule has 0 radical (unpaired) electrons. The molecule has 2 aliphatic carbocycles. The van der Waals surface area contributed by atoms with E-state index in [0.717, 1.165) is 11.8 Å². The summed E-state index contributed by atoms with van der Waals surface area (Å²) < 4.78 is 0. The quantitative estimate of drug-likeness (QED) is 0.637. The van der Waals surface area contributed by atoms with Crippen molar-refractivity contribution >= 4 is 24.8 Å². The Labute approximate surface area is 86.3 Å². The van der Waals surface area contributed by atoms with Crippen LogP contribution in [0, 0.1) is 11.8 Å². The summed E-state index contributed by atoms with van der Waals surface area (Å²) in [4.78, 5) is 0. The lowest BCUT2D eigenvalue weighted by Crippen LogP contribution is -2.20. The van der Waals surface area contributed by atoms with Crippen molar-refractivity contribution in [2.45, 2.75) is 37.8 Å². The van der Waals surface area contributed by atoms with Crippen LogP contribution in [0.25, 0.3) is 0 Å². The molecule has 0 aromatic rings. The first-order chi connectivity index (χ1) is 4.75. The highest BCUT2D eigenvalue weighted by molar-refractivity contribution is 5.85. The van der Waals surface area contributed by atoms with Crippen LogP contribution in [-0.4, -0.2) is 12.1 Å². The zero-order chi connectivity index (χ0) is 7.14. The zero-order valence-corrected chi connectivity index (χ0v) is 8.74. The Bertz CT molecular complexity index is 115. The van der Waals surface area contributed by atoms with Gasteiger partial charge in [0.15, 0.2) is 0 Å². The highest BCUT2D eigenvalue weighted by atomic mass is 35.5. The zero-order valence-electron chi connectivity index (χ0n) is 7.11. The van der Waals surface area contributed by atoms with Crippen molar-refractivity contribution in [1.82, 2.24) is 0 Å². The Hall–Kier alpha value is 0.500. The van der Waals surface area contributed by atoms with Crippen molar-refractivity contribution in [2.75, 3.05) is 0 Å². The number of hydrogen-bond donors (Lipinski definition) is 2. The van der Waals surface area contributed by atoms with Crippen LogP contribution in [0.1, 0.15) is 25.7 Å². The molecule has 0 atom stereocenters. The molecule has 12 heavy (non-hydrogen) atoms. The molecule has 0 aromatic carbocycles. The van der Waals surface area contributed by atoms with Gasteiger partial charge in [-0.25, -0.2) is 0 Å². The van der Waals surface area contributed by atoms with E-state index < -0.39 is 0 Å². The number of hydrogen-bond acceptors (Lipinski definition) is 2. The van der Waals surface area contributed by atoms with Gasteiger partial charge in [0.05, 0.1) is 0 Å². The van der Waals surface area contributed by atoms with Crippen LogP contribution in [0.3, 0.4) is 0 Å². The second-order valence-corrected chi connectivity index (χ2v) is 3.98. The molecule has 74 valence electrons. The first-order valence-corrected chi connectivity index (χ1v) is 4.27. The summed E-state index contributed by atoms with van der Waals surface area (Å²) in [5.41, 5.74) is 11.7. The highest BCUT2D eigenvalue weighted by Gasteiger charge is 2.38. The largest absolute Gasteiger partial charge is 0.328 e. The molecular formula is C8H18Cl2N2. The maximum absolute atomic E-state index is 5.83. The standard InChI is InChI=1S/C8H16N2.2ClH/c9-7-1-5-2-8(10)4-6(5)3-7;;/h5-8H,1-4,9-10H2;2*1H. The van der Waals surface area contributed by atoms with E-state index >= 15 is 0 Å². The van der Waals surface area contributed by atoms with Gasteiger partial charge < -0.3 is 11.5 Å². The Kier molecular flexibility index (Phi) is 4.85. The minimum atomic E-state index is 0. The third-order valence-electron chi connectivity index (χ3n) is 3.09. The maximum atomic E-state index is 5.83. The van der Waals surface area contributed by atoms with Crippen LogP contribution in [0.4, 0.5) is 0 Å². The van der Waals surface area contributed by atoms with E-state index in [-0.39, 0.29) is 24.8 Å². The maximum Gasteiger partial charge on any atom is 0.00443 e. The van der Waals surface area contributed by atoms with E-state index in [1.54, 1.807) is 0 Å². The molecular weight excluding hydrogens is 195 g/mol. The predicted molar refractivity (Wildman–Crippen MR) is 55.9 cm³/mol. The van der Waals surface area contributed by atoms with Gasteiger partial charge in [-0.05, 0) is 37.5 Å². The van der Waals surface area contributed by atoms with E-state index in [4.69, 9.17) is 11.5 Å². The molecule has 2 saturated carbocycles. The molecule has 0 saturated heterocycles. The molecule has 4 N–H and O–H groups in total. The van der Waals surface area contributed by atoms with Crippen LogP contribution in [-0.2, 0) is 0 Å². The Morgan fingerprint density at radius 2 is 0.917 bits per heavy atom. The monoisotopic (exact) mass is 212 g/mol. The summed E-state index contributed by atoms with van der Waals surface area (Å²) >= 11 is 0. The highest BCUT2D eigenvalue weighted by Crippen LogP contribution is 2.42. The molecule has 0 amide bonds. The van der Waals surface area contributed by atoms with Crippen molar-refractivity contribution in [3.8, 4) is 0 Å². The Morgan fingerprint density at radius 1 is 0.667 bits per heavy atom. The molecule has 2 nitrogen and oxygen atoms in total. The lowest BCUT2D eigenvalue weighted by Gasteiger charge is -2.05. The molecule has 0 aliphatic heterocycles. The molecule has 4 heteroatoms. The second kappa shape index (κ2) is 4.66. The van der Waals surface area contributed by atoms with Crippen LogP contribution >= 0.6 is 24.8 Å².